The van der Waals surface area contributed by atoms with E-state index in [4.69, 9.17) is 27.9 Å². The summed E-state index contributed by atoms with van der Waals surface area (Å²) in [5.41, 5.74) is 0.568. The van der Waals surface area contributed by atoms with Crippen LogP contribution in [-0.2, 0) is 9.53 Å². The molecule has 6 nitrogen and oxygen atoms in total. The Bertz CT molecular complexity index is 922. The standard InChI is InChI=1S/C16H8Cl2N2O4/c17-11-6-5-10(7-12(11)18)15-19-13(16(21)24-15)8-9-3-1-2-4-14(9)20(22)23/h1-8H/b13-8-. The molecule has 8 heteroatoms. The highest BCUT2D eigenvalue weighted by molar-refractivity contribution is 6.42. The molecule has 0 saturated heterocycles. The first kappa shape index (κ1) is 16.2. The fraction of sp³-hybridized carbons (Fsp3) is 0. The maximum Gasteiger partial charge on any atom is 0.363 e. The van der Waals surface area contributed by atoms with E-state index < -0.39 is 10.9 Å². The Morgan fingerprint density at radius 3 is 2.58 bits per heavy atom. The van der Waals surface area contributed by atoms with Crippen molar-refractivity contribution in [2.45, 2.75) is 0 Å². The molecule has 24 heavy (non-hydrogen) atoms. The van der Waals surface area contributed by atoms with Crippen LogP contribution in [0.3, 0.4) is 0 Å². The lowest BCUT2D eigenvalue weighted by Crippen LogP contribution is -2.05. The van der Waals surface area contributed by atoms with E-state index in [-0.39, 0.29) is 22.8 Å². The van der Waals surface area contributed by atoms with Gasteiger partial charge in [0.1, 0.15) is 0 Å². The number of halogens is 2. The third kappa shape index (κ3) is 3.15. The predicted molar refractivity (Wildman–Crippen MR) is 90.2 cm³/mol. The van der Waals surface area contributed by atoms with Gasteiger partial charge in [-0.1, -0.05) is 35.3 Å². The van der Waals surface area contributed by atoms with Crippen LogP contribution in [0.25, 0.3) is 6.08 Å². The second-order valence-corrected chi connectivity index (χ2v) is 5.60. The molecule has 0 bridgehead atoms. The van der Waals surface area contributed by atoms with Gasteiger partial charge in [-0.25, -0.2) is 9.79 Å². The van der Waals surface area contributed by atoms with Crippen molar-refractivity contribution in [2.24, 2.45) is 4.99 Å². The zero-order chi connectivity index (χ0) is 17.3. The first-order chi connectivity index (χ1) is 11.5. The van der Waals surface area contributed by atoms with Gasteiger partial charge in [-0.2, -0.15) is 0 Å². The summed E-state index contributed by atoms with van der Waals surface area (Å²) in [5.74, 6) is -0.641. The molecule has 0 amide bonds. The number of hydrogen-bond acceptors (Lipinski definition) is 5. The largest absolute Gasteiger partial charge is 0.402 e. The summed E-state index contributed by atoms with van der Waals surface area (Å²) in [6.07, 6.45) is 1.31. The summed E-state index contributed by atoms with van der Waals surface area (Å²) in [6.45, 7) is 0. The number of aliphatic imine (C=N–C) groups is 1. The number of nitro groups is 1. The monoisotopic (exact) mass is 362 g/mol. The molecule has 3 rings (SSSR count). The zero-order valence-corrected chi connectivity index (χ0v) is 13.4. The van der Waals surface area contributed by atoms with Gasteiger partial charge in [-0.05, 0) is 30.3 Å². The van der Waals surface area contributed by atoms with Crippen molar-refractivity contribution >= 4 is 46.8 Å². The molecule has 1 aliphatic heterocycles. The molecule has 0 atom stereocenters. The smallest absolute Gasteiger partial charge is 0.363 e. The number of esters is 1. The van der Waals surface area contributed by atoms with Crippen LogP contribution in [0, 0.1) is 10.1 Å². The van der Waals surface area contributed by atoms with Gasteiger partial charge in [-0.3, -0.25) is 10.1 Å². The van der Waals surface area contributed by atoms with Crippen LogP contribution in [0.5, 0.6) is 0 Å². The Balaban J connectivity index is 2.00. The second kappa shape index (κ2) is 6.43. The lowest BCUT2D eigenvalue weighted by atomic mass is 10.1. The number of ether oxygens (including phenoxy) is 1. The van der Waals surface area contributed by atoms with Gasteiger partial charge in [0.05, 0.1) is 20.5 Å². The molecule has 1 aliphatic rings. The van der Waals surface area contributed by atoms with E-state index in [0.29, 0.717) is 15.6 Å². The summed E-state index contributed by atoms with van der Waals surface area (Å²) < 4.78 is 5.10. The van der Waals surface area contributed by atoms with E-state index in [2.05, 4.69) is 4.99 Å². The Labute approximate surface area is 146 Å². The molecule has 0 fully saturated rings. The number of cyclic esters (lactones) is 1. The number of carbonyl (C=O) groups excluding carboxylic acids is 1. The van der Waals surface area contributed by atoms with Gasteiger partial charge < -0.3 is 4.74 Å². The topological polar surface area (TPSA) is 81.8 Å². The normalized spacial score (nSPS) is 15.3. The lowest BCUT2D eigenvalue weighted by molar-refractivity contribution is -0.385. The Morgan fingerprint density at radius 1 is 1.12 bits per heavy atom. The van der Waals surface area contributed by atoms with Crippen LogP contribution >= 0.6 is 23.2 Å². The van der Waals surface area contributed by atoms with Gasteiger partial charge in [0.25, 0.3) is 5.69 Å². The maximum absolute atomic E-state index is 12.0. The number of nitrogens with zero attached hydrogens (tertiary/aromatic N) is 2. The Kier molecular flexibility index (Phi) is 4.33. The fourth-order valence-electron chi connectivity index (χ4n) is 2.08. The SMILES string of the molecule is O=C1OC(c2ccc(Cl)c(Cl)c2)=N/C1=C\c1ccccc1[N+](=O)[O-]. The number of nitro benzene ring substituents is 1. The summed E-state index contributed by atoms with van der Waals surface area (Å²) in [6, 6.07) is 10.7. The third-order valence-corrected chi connectivity index (χ3v) is 3.95. The summed E-state index contributed by atoms with van der Waals surface area (Å²) >= 11 is 11.8. The van der Waals surface area contributed by atoms with E-state index in [9.17, 15) is 14.9 Å². The van der Waals surface area contributed by atoms with Gasteiger partial charge in [0, 0.05) is 11.6 Å². The highest BCUT2D eigenvalue weighted by Gasteiger charge is 2.25. The fourth-order valence-corrected chi connectivity index (χ4v) is 2.38. The van der Waals surface area contributed by atoms with E-state index in [1.54, 1.807) is 18.2 Å². The molecule has 0 saturated carbocycles. The third-order valence-electron chi connectivity index (χ3n) is 3.21. The van der Waals surface area contributed by atoms with Gasteiger partial charge >= 0.3 is 5.97 Å². The molecule has 0 N–H and O–H groups in total. The van der Waals surface area contributed by atoms with Crippen LogP contribution in [0.2, 0.25) is 10.0 Å². The van der Waals surface area contributed by atoms with E-state index >= 15 is 0 Å². The number of hydrogen-bond donors (Lipinski definition) is 0. The van der Waals surface area contributed by atoms with Crippen LogP contribution in [0.15, 0.2) is 53.2 Å². The molecule has 0 radical (unpaired) electrons. The number of benzene rings is 2. The minimum atomic E-state index is -0.700. The van der Waals surface area contributed by atoms with E-state index in [1.807, 2.05) is 0 Å². The summed E-state index contributed by atoms with van der Waals surface area (Å²) in [5, 5.41) is 11.7. The minimum absolute atomic E-state index is 0.0367. The van der Waals surface area contributed by atoms with E-state index in [0.717, 1.165) is 0 Å². The van der Waals surface area contributed by atoms with Crippen LogP contribution < -0.4 is 0 Å². The van der Waals surface area contributed by atoms with E-state index in [1.165, 1.54) is 30.3 Å². The molecule has 2 aromatic carbocycles. The zero-order valence-electron chi connectivity index (χ0n) is 11.9. The van der Waals surface area contributed by atoms with Crippen molar-refractivity contribution in [3.8, 4) is 0 Å². The summed E-state index contributed by atoms with van der Waals surface area (Å²) in [4.78, 5) is 26.5. The average molecular weight is 363 g/mol. The molecule has 0 spiro atoms. The maximum atomic E-state index is 12.0. The van der Waals surface area contributed by atoms with Crippen molar-refractivity contribution in [1.29, 1.82) is 0 Å². The van der Waals surface area contributed by atoms with Crippen molar-refractivity contribution in [3.63, 3.8) is 0 Å². The number of carbonyl (C=O) groups is 1. The average Bonchev–Trinajstić information content (AvgIpc) is 2.91. The van der Waals surface area contributed by atoms with Crippen LogP contribution in [0.4, 0.5) is 5.69 Å². The van der Waals surface area contributed by atoms with Crippen LogP contribution in [0.1, 0.15) is 11.1 Å². The minimum Gasteiger partial charge on any atom is -0.402 e. The number of para-hydroxylation sites is 1. The quantitative estimate of drug-likeness (QED) is 0.353. The Hall–Kier alpha value is -2.70. The number of rotatable bonds is 3. The first-order valence-corrected chi connectivity index (χ1v) is 7.42. The molecule has 120 valence electrons. The lowest BCUT2D eigenvalue weighted by Gasteiger charge is -2.01. The Morgan fingerprint density at radius 2 is 1.88 bits per heavy atom. The van der Waals surface area contributed by atoms with Crippen LogP contribution in [-0.4, -0.2) is 16.8 Å². The predicted octanol–water partition coefficient (Wildman–Crippen LogP) is 4.25. The van der Waals surface area contributed by atoms with Crippen molar-refractivity contribution in [2.75, 3.05) is 0 Å². The molecule has 0 aromatic heterocycles. The van der Waals surface area contributed by atoms with Gasteiger partial charge in [0.2, 0.25) is 5.90 Å². The molecule has 2 aromatic rings. The highest BCUT2D eigenvalue weighted by atomic mass is 35.5. The molecular formula is C16H8Cl2N2O4. The second-order valence-electron chi connectivity index (χ2n) is 4.78. The molecule has 1 heterocycles. The molecule has 0 unspecified atom stereocenters. The molecule has 0 aliphatic carbocycles. The van der Waals surface area contributed by atoms with Gasteiger partial charge in [-0.15, -0.1) is 0 Å². The summed E-state index contributed by atoms with van der Waals surface area (Å²) in [7, 11) is 0. The highest BCUT2D eigenvalue weighted by Crippen LogP contribution is 2.27. The van der Waals surface area contributed by atoms with Crippen molar-refractivity contribution < 1.29 is 14.5 Å². The first-order valence-electron chi connectivity index (χ1n) is 6.67. The van der Waals surface area contributed by atoms with Crippen molar-refractivity contribution in [1.82, 2.24) is 0 Å². The van der Waals surface area contributed by atoms with Crippen molar-refractivity contribution in [3.05, 3.63) is 79.4 Å². The molecular weight excluding hydrogens is 355 g/mol. The van der Waals surface area contributed by atoms with Gasteiger partial charge in [0.15, 0.2) is 5.70 Å².